The number of nitrogens with zero attached hydrogens (tertiary/aromatic N) is 2. The molecule has 0 radical (unpaired) electrons. The number of fused-ring (bicyclic) bond motifs is 1. The van der Waals surface area contributed by atoms with Gasteiger partial charge in [-0.05, 0) is 31.6 Å². The Morgan fingerprint density at radius 2 is 2.00 bits per heavy atom. The molecule has 1 unspecified atom stereocenters. The van der Waals surface area contributed by atoms with Gasteiger partial charge in [0.2, 0.25) is 5.91 Å². The van der Waals surface area contributed by atoms with Gasteiger partial charge < -0.3 is 19.9 Å². The molecule has 1 atom stereocenters. The zero-order valence-electron chi connectivity index (χ0n) is 14.1. The predicted molar refractivity (Wildman–Crippen MR) is 90.8 cm³/mol. The van der Waals surface area contributed by atoms with Gasteiger partial charge in [-0.25, -0.2) is 0 Å². The minimum absolute atomic E-state index is 0.156. The van der Waals surface area contributed by atoms with E-state index in [0.717, 1.165) is 49.7 Å². The Labute approximate surface area is 133 Å². The molecule has 1 aliphatic rings. The number of carbonyl (C=O) groups excluding carboxylic acids is 1. The molecule has 5 heteroatoms. The molecule has 0 saturated carbocycles. The number of amides is 1. The number of likely N-dealkylation sites (N-methyl/N-ethyl adjacent to an activating group) is 1. The Morgan fingerprint density at radius 3 is 2.59 bits per heavy atom. The average Bonchev–Trinajstić information content (AvgIpc) is 2.56. The van der Waals surface area contributed by atoms with Crippen molar-refractivity contribution in [2.75, 3.05) is 43.5 Å². The highest BCUT2D eigenvalue weighted by Crippen LogP contribution is 2.35. The van der Waals surface area contributed by atoms with Crippen molar-refractivity contribution in [2.45, 2.75) is 33.2 Å². The van der Waals surface area contributed by atoms with Crippen LogP contribution in [0.4, 0.5) is 11.4 Å². The molecule has 1 aromatic carbocycles. The fraction of sp³-hybridized carbons (Fsp3) is 0.588. The maximum Gasteiger partial charge on any atom is 0.249 e. The van der Waals surface area contributed by atoms with Crippen molar-refractivity contribution >= 4 is 17.3 Å². The summed E-state index contributed by atoms with van der Waals surface area (Å²) in [5.41, 5.74) is 1.92. The van der Waals surface area contributed by atoms with E-state index in [9.17, 15) is 4.79 Å². The molecule has 122 valence electrons. The first kappa shape index (κ1) is 16.6. The summed E-state index contributed by atoms with van der Waals surface area (Å²) < 4.78 is 5.29. The molecule has 1 N–H and O–H groups in total. The zero-order chi connectivity index (χ0) is 16.1. The lowest BCUT2D eigenvalue weighted by molar-refractivity contribution is -0.119. The van der Waals surface area contributed by atoms with E-state index in [1.165, 1.54) is 0 Å². The minimum Gasteiger partial charge on any atom is -0.497 e. The Bertz CT molecular complexity index is 515. The fourth-order valence-corrected chi connectivity index (χ4v) is 2.84. The topological polar surface area (TPSA) is 44.8 Å². The van der Waals surface area contributed by atoms with Crippen LogP contribution in [0.3, 0.4) is 0 Å². The summed E-state index contributed by atoms with van der Waals surface area (Å²) in [5.74, 6) is 0.964. The van der Waals surface area contributed by atoms with E-state index < -0.39 is 0 Å². The van der Waals surface area contributed by atoms with Gasteiger partial charge in [0, 0.05) is 19.2 Å². The molecule has 0 saturated heterocycles. The van der Waals surface area contributed by atoms with Gasteiger partial charge in [0.1, 0.15) is 11.8 Å². The maximum absolute atomic E-state index is 12.7. The van der Waals surface area contributed by atoms with Gasteiger partial charge in [0.15, 0.2) is 0 Å². The Hall–Kier alpha value is -1.75. The summed E-state index contributed by atoms with van der Waals surface area (Å²) in [4.78, 5) is 16.9. The molecule has 0 bridgehead atoms. The number of nitrogens with one attached hydrogen (secondary N) is 1. The van der Waals surface area contributed by atoms with Crippen LogP contribution >= 0.6 is 0 Å². The monoisotopic (exact) mass is 305 g/mol. The highest BCUT2D eigenvalue weighted by atomic mass is 16.5. The highest BCUT2D eigenvalue weighted by molar-refractivity contribution is 6.05. The van der Waals surface area contributed by atoms with E-state index in [-0.39, 0.29) is 11.9 Å². The van der Waals surface area contributed by atoms with E-state index in [0.29, 0.717) is 0 Å². The van der Waals surface area contributed by atoms with Crippen molar-refractivity contribution in [2.24, 2.45) is 0 Å². The summed E-state index contributed by atoms with van der Waals surface area (Å²) >= 11 is 0. The zero-order valence-corrected chi connectivity index (χ0v) is 14.1. The summed E-state index contributed by atoms with van der Waals surface area (Å²) in [6, 6.07) is 5.68. The molecule has 0 fully saturated rings. The number of anilines is 2. The average molecular weight is 305 g/mol. The molecule has 1 aliphatic heterocycles. The summed E-state index contributed by atoms with van der Waals surface area (Å²) in [6.45, 7) is 9.95. The van der Waals surface area contributed by atoms with Crippen molar-refractivity contribution in [3.8, 4) is 5.75 Å². The minimum atomic E-state index is -0.156. The first-order valence-corrected chi connectivity index (χ1v) is 8.12. The van der Waals surface area contributed by atoms with E-state index in [4.69, 9.17) is 4.74 Å². The van der Waals surface area contributed by atoms with Gasteiger partial charge >= 0.3 is 0 Å². The molecule has 1 aromatic rings. The lowest BCUT2D eigenvalue weighted by atomic mass is 10.1. The first-order chi connectivity index (χ1) is 10.6. The summed E-state index contributed by atoms with van der Waals surface area (Å²) in [7, 11) is 1.66. The van der Waals surface area contributed by atoms with Crippen LogP contribution in [0.5, 0.6) is 5.75 Å². The van der Waals surface area contributed by atoms with Gasteiger partial charge in [-0.15, -0.1) is 0 Å². The second-order valence-corrected chi connectivity index (χ2v) is 5.51. The fourth-order valence-electron chi connectivity index (χ4n) is 2.84. The van der Waals surface area contributed by atoms with E-state index in [1.807, 2.05) is 30.0 Å². The molecule has 5 nitrogen and oxygen atoms in total. The molecule has 0 aromatic heterocycles. The first-order valence-electron chi connectivity index (χ1n) is 8.12. The van der Waals surface area contributed by atoms with E-state index in [2.05, 4.69) is 24.1 Å². The lowest BCUT2D eigenvalue weighted by Gasteiger charge is -2.36. The SMILES string of the molecule is CCC1Nc2cc(OC)ccc2N(CCN(CC)CC)C1=O. The molecule has 1 heterocycles. The van der Waals surface area contributed by atoms with Gasteiger partial charge in [-0.3, -0.25) is 4.79 Å². The molecular weight excluding hydrogens is 278 g/mol. The molecular formula is C17H27N3O2. The van der Waals surface area contributed by atoms with Crippen molar-refractivity contribution in [3.05, 3.63) is 18.2 Å². The summed E-state index contributed by atoms with van der Waals surface area (Å²) in [5, 5.41) is 3.33. The number of ether oxygens (including phenoxy) is 1. The number of carbonyl (C=O) groups is 1. The maximum atomic E-state index is 12.7. The standard InChI is InChI=1S/C17H27N3O2/c1-5-14-17(21)20(11-10-19(6-2)7-3)16-9-8-13(22-4)12-15(16)18-14/h8-9,12,14,18H,5-7,10-11H2,1-4H3. The largest absolute Gasteiger partial charge is 0.497 e. The number of methoxy groups -OCH3 is 1. The highest BCUT2D eigenvalue weighted by Gasteiger charge is 2.31. The molecule has 2 rings (SSSR count). The van der Waals surface area contributed by atoms with Crippen LogP contribution in [0, 0.1) is 0 Å². The molecule has 0 aliphatic carbocycles. The van der Waals surface area contributed by atoms with Crippen molar-refractivity contribution in [1.29, 1.82) is 0 Å². The molecule has 1 amide bonds. The Kier molecular flexibility index (Phi) is 5.66. The van der Waals surface area contributed by atoms with Gasteiger partial charge in [0.25, 0.3) is 0 Å². The van der Waals surface area contributed by atoms with Crippen molar-refractivity contribution in [1.82, 2.24) is 4.90 Å². The molecule has 0 spiro atoms. The predicted octanol–water partition coefficient (Wildman–Crippen LogP) is 2.57. The third-order valence-electron chi connectivity index (χ3n) is 4.33. The quantitative estimate of drug-likeness (QED) is 0.841. The molecule has 22 heavy (non-hydrogen) atoms. The Morgan fingerprint density at radius 1 is 1.27 bits per heavy atom. The second kappa shape index (κ2) is 7.49. The van der Waals surface area contributed by atoms with E-state index in [1.54, 1.807) is 7.11 Å². The van der Waals surface area contributed by atoms with Crippen LogP contribution in [-0.2, 0) is 4.79 Å². The third-order valence-corrected chi connectivity index (χ3v) is 4.33. The normalized spacial score (nSPS) is 17.4. The van der Waals surface area contributed by atoms with Crippen LogP contribution < -0.4 is 15.0 Å². The van der Waals surface area contributed by atoms with Crippen LogP contribution in [0.2, 0.25) is 0 Å². The van der Waals surface area contributed by atoms with Crippen LogP contribution in [0.1, 0.15) is 27.2 Å². The van der Waals surface area contributed by atoms with E-state index >= 15 is 0 Å². The third kappa shape index (κ3) is 3.35. The second-order valence-electron chi connectivity index (χ2n) is 5.51. The van der Waals surface area contributed by atoms with Crippen LogP contribution in [0.15, 0.2) is 18.2 Å². The summed E-state index contributed by atoms with van der Waals surface area (Å²) in [6.07, 6.45) is 0.775. The van der Waals surface area contributed by atoms with Gasteiger partial charge in [-0.2, -0.15) is 0 Å². The van der Waals surface area contributed by atoms with Crippen LogP contribution in [0.25, 0.3) is 0 Å². The smallest absolute Gasteiger partial charge is 0.249 e. The number of hydrogen-bond donors (Lipinski definition) is 1. The number of hydrogen-bond acceptors (Lipinski definition) is 4. The van der Waals surface area contributed by atoms with Crippen molar-refractivity contribution < 1.29 is 9.53 Å². The van der Waals surface area contributed by atoms with Gasteiger partial charge in [0.05, 0.1) is 18.5 Å². The van der Waals surface area contributed by atoms with Gasteiger partial charge in [-0.1, -0.05) is 20.8 Å². The lowest BCUT2D eigenvalue weighted by Crippen LogP contribution is -2.49. The Balaban J connectivity index is 2.25. The van der Waals surface area contributed by atoms with Crippen molar-refractivity contribution in [3.63, 3.8) is 0 Å². The number of benzene rings is 1. The van der Waals surface area contributed by atoms with Crippen LogP contribution in [-0.4, -0.2) is 50.1 Å². The number of rotatable bonds is 7.